The summed E-state index contributed by atoms with van der Waals surface area (Å²) in [5.41, 5.74) is 1.34. The van der Waals surface area contributed by atoms with Crippen LogP contribution >= 0.6 is 0 Å². The predicted molar refractivity (Wildman–Crippen MR) is 87.9 cm³/mol. The molecule has 3 heteroatoms. The summed E-state index contributed by atoms with van der Waals surface area (Å²) in [6, 6.07) is 0. The zero-order chi connectivity index (χ0) is 16.2. The molecule has 0 N–H and O–H groups in total. The SMILES string of the molecule is COC[C@]12CCC(=O)CC1=CC[C@@H]1[C@@H]2CC[C@]2(C)C(=O)CC[C@@H]12. The van der Waals surface area contributed by atoms with Crippen molar-refractivity contribution in [2.24, 2.45) is 28.6 Å². The van der Waals surface area contributed by atoms with Crippen molar-refractivity contribution in [3.8, 4) is 0 Å². The number of methoxy groups -OCH3 is 1. The number of hydrogen-bond acceptors (Lipinski definition) is 3. The summed E-state index contributed by atoms with van der Waals surface area (Å²) in [5.74, 6) is 2.62. The molecule has 5 atom stereocenters. The first-order valence-electron chi connectivity index (χ1n) is 9.25. The molecule has 4 aliphatic carbocycles. The van der Waals surface area contributed by atoms with Crippen LogP contribution in [0.15, 0.2) is 11.6 Å². The number of Topliss-reactive ketones (excluding diaryl/α,β-unsaturated/α-hetero) is 2. The van der Waals surface area contributed by atoms with Crippen LogP contribution in [0.2, 0.25) is 0 Å². The molecule has 23 heavy (non-hydrogen) atoms. The first kappa shape index (κ1) is 15.6. The molecule has 0 saturated heterocycles. The van der Waals surface area contributed by atoms with Crippen LogP contribution in [-0.2, 0) is 14.3 Å². The van der Waals surface area contributed by atoms with Gasteiger partial charge in [0.05, 0.1) is 6.61 Å². The lowest BCUT2D eigenvalue weighted by atomic mass is 9.47. The van der Waals surface area contributed by atoms with E-state index in [0.29, 0.717) is 42.2 Å². The van der Waals surface area contributed by atoms with Crippen molar-refractivity contribution in [1.82, 2.24) is 0 Å². The van der Waals surface area contributed by atoms with Crippen LogP contribution in [0.4, 0.5) is 0 Å². The molecular weight excluding hydrogens is 288 g/mol. The molecule has 3 saturated carbocycles. The molecule has 3 fully saturated rings. The molecular formula is C20H28O3. The van der Waals surface area contributed by atoms with E-state index in [1.165, 1.54) is 5.57 Å². The lowest BCUT2D eigenvalue weighted by Crippen LogP contribution is -2.52. The quantitative estimate of drug-likeness (QED) is 0.729. The summed E-state index contributed by atoms with van der Waals surface area (Å²) in [6.07, 6.45) is 9.70. The van der Waals surface area contributed by atoms with Gasteiger partial charge in [-0.3, -0.25) is 9.59 Å². The monoisotopic (exact) mass is 316 g/mol. The maximum atomic E-state index is 12.5. The topological polar surface area (TPSA) is 43.4 Å². The van der Waals surface area contributed by atoms with Gasteiger partial charge in [-0.1, -0.05) is 18.6 Å². The third kappa shape index (κ3) is 2.05. The van der Waals surface area contributed by atoms with E-state index in [4.69, 9.17) is 4.74 Å². The number of rotatable bonds is 2. The summed E-state index contributed by atoms with van der Waals surface area (Å²) in [7, 11) is 1.79. The summed E-state index contributed by atoms with van der Waals surface area (Å²) in [4.78, 5) is 24.4. The van der Waals surface area contributed by atoms with Gasteiger partial charge in [0.2, 0.25) is 0 Å². The minimum absolute atomic E-state index is 0.0680. The molecule has 126 valence electrons. The van der Waals surface area contributed by atoms with Gasteiger partial charge in [-0.15, -0.1) is 0 Å². The fourth-order valence-corrected chi connectivity index (χ4v) is 6.58. The van der Waals surface area contributed by atoms with Crippen molar-refractivity contribution in [3.63, 3.8) is 0 Å². The van der Waals surface area contributed by atoms with E-state index in [1.807, 2.05) is 0 Å². The van der Waals surface area contributed by atoms with E-state index < -0.39 is 0 Å². The molecule has 0 aromatic heterocycles. The van der Waals surface area contributed by atoms with Crippen LogP contribution in [0, 0.1) is 28.6 Å². The van der Waals surface area contributed by atoms with Gasteiger partial charge in [-0.2, -0.15) is 0 Å². The van der Waals surface area contributed by atoms with Gasteiger partial charge in [0, 0.05) is 37.2 Å². The molecule has 4 aliphatic rings. The largest absolute Gasteiger partial charge is 0.384 e. The van der Waals surface area contributed by atoms with Crippen molar-refractivity contribution in [2.75, 3.05) is 13.7 Å². The Balaban J connectivity index is 1.73. The Hall–Kier alpha value is -0.960. The third-order valence-corrected chi connectivity index (χ3v) is 7.77. The van der Waals surface area contributed by atoms with E-state index in [1.54, 1.807) is 7.11 Å². The standard InChI is InChI=1S/C20H28O3/c1-19-9-8-17-15(16(19)5-6-18(19)22)4-3-13-11-14(21)7-10-20(13,17)12-23-2/h3,15-17H,4-12H2,1-2H3/t15-,16-,17-,19-,20+/m0/s1. The van der Waals surface area contributed by atoms with Crippen LogP contribution in [0.1, 0.15) is 58.3 Å². The zero-order valence-corrected chi connectivity index (χ0v) is 14.4. The summed E-state index contributed by atoms with van der Waals surface area (Å²) < 4.78 is 5.66. The number of carbonyl (C=O) groups is 2. The van der Waals surface area contributed by atoms with Gasteiger partial charge in [-0.05, 0) is 49.9 Å². The second-order valence-electron chi connectivity index (χ2n) is 8.56. The number of ether oxygens (including phenoxy) is 1. The predicted octanol–water partition coefficient (Wildman–Crippen LogP) is 3.71. The van der Waals surface area contributed by atoms with Crippen molar-refractivity contribution in [2.45, 2.75) is 58.3 Å². The molecule has 0 unspecified atom stereocenters. The lowest BCUT2D eigenvalue weighted by Gasteiger charge is -2.57. The van der Waals surface area contributed by atoms with Crippen LogP contribution in [-0.4, -0.2) is 25.3 Å². The molecule has 0 heterocycles. The molecule has 0 spiro atoms. The normalized spacial score (nSPS) is 46.0. The van der Waals surface area contributed by atoms with Gasteiger partial charge in [0.25, 0.3) is 0 Å². The number of carbonyl (C=O) groups excluding carboxylic acids is 2. The summed E-state index contributed by atoms with van der Waals surface area (Å²) >= 11 is 0. The van der Waals surface area contributed by atoms with Crippen molar-refractivity contribution >= 4 is 11.6 Å². The number of ketones is 2. The maximum absolute atomic E-state index is 12.5. The Morgan fingerprint density at radius 3 is 2.78 bits per heavy atom. The summed E-state index contributed by atoms with van der Waals surface area (Å²) in [5, 5.41) is 0. The van der Waals surface area contributed by atoms with Crippen LogP contribution in [0.25, 0.3) is 0 Å². The molecule has 0 amide bonds. The van der Waals surface area contributed by atoms with Crippen molar-refractivity contribution < 1.29 is 14.3 Å². The van der Waals surface area contributed by atoms with E-state index in [-0.39, 0.29) is 10.8 Å². The maximum Gasteiger partial charge on any atom is 0.139 e. The highest BCUT2D eigenvalue weighted by molar-refractivity contribution is 5.87. The highest BCUT2D eigenvalue weighted by atomic mass is 16.5. The second-order valence-corrected chi connectivity index (χ2v) is 8.56. The highest BCUT2D eigenvalue weighted by Gasteiger charge is 2.59. The fourth-order valence-electron chi connectivity index (χ4n) is 6.58. The molecule has 0 radical (unpaired) electrons. The van der Waals surface area contributed by atoms with E-state index >= 15 is 0 Å². The number of hydrogen-bond donors (Lipinski definition) is 0. The Labute approximate surface area is 138 Å². The van der Waals surface area contributed by atoms with E-state index in [0.717, 1.165) is 45.1 Å². The molecule has 0 aliphatic heterocycles. The molecule has 0 aromatic carbocycles. The van der Waals surface area contributed by atoms with Crippen LogP contribution in [0.5, 0.6) is 0 Å². The smallest absolute Gasteiger partial charge is 0.139 e. The van der Waals surface area contributed by atoms with Gasteiger partial charge < -0.3 is 4.74 Å². The van der Waals surface area contributed by atoms with Crippen LogP contribution < -0.4 is 0 Å². The number of fused-ring (bicyclic) bond motifs is 5. The lowest BCUT2D eigenvalue weighted by molar-refractivity contribution is -0.134. The molecule has 4 rings (SSSR count). The zero-order valence-electron chi connectivity index (χ0n) is 14.4. The molecule has 3 nitrogen and oxygen atoms in total. The van der Waals surface area contributed by atoms with Gasteiger partial charge in [0.1, 0.15) is 11.6 Å². The van der Waals surface area contributed by atoms with Gasteiger partial charge in [-0.25, -0.2) is 0 Å². The van der Waals surface area contributed by atoms with E-state index in [2.05, 4.69) is 13.0 Å². The fraction of sp³-hybridized carbons (Fsp3) is 0.800. The first-order valence-corrected chi connectivity index (χ1v) is 9.25. The Kier molecular flexibility index (Phi) is 3.57. The first-order chi connectivity index (χ1) is 11.0. The average molecular weight is 316 g/mol. The minimum Gasteiger partial charge on any atom is -0.384 e. The molecule has 0 aromatic rings. The minimum atomic E-state index is -0.0781. The van der Waals surface area contributed by atoms with Crippen molar-refractivity contribution in [3.05, 3.63) is 11.6 Å². The Bertz CT molecular complexity index is 577. The average Bonchev–Trinajstić information content (AvgIpc) is 2.84. The Morgan fingerprint density at radius 2 is 2.00 bits per heavy atom. The number of allylic oxidation sites excluding steroid dienone is 1. The van der Waals surface area contributed by atoms with Gasteiger partial charge >= 0.3 is 0 Å². The van der Waals surface area contributed by atoms with Crippen molar-refractivity contribution in [1.29, 1.82) is 0 Å². The second kappa shape index (κ2) is 5.27. The van der Waals surface area contributed by atoms with Gasteiger partial charge in [0.15, 0.2) is 0 Å². The summed E-state index contributed by atoms with van der Waals surface area (Å²) in [6.45, 7) is 2.96. The molecule has 0 bridgehead atoms. The third-order valence-electron chi connectivity index (χ3n) is 7.77. The van der Waals surface area contributed by atoms with Crippen LogP contribution in [0.3, 0.4) is 0 Å². The highest BCUT2D eigenvalue weighted by Crippen LogP contribution is 2.63. The Morgan fingerprint density at radius 1 is 1.17 bits per heavy atom. The van der Waals surface area contributed by atoms with E-state index in [9.17, 15) is 9.59 Å².